The van der Waals surface area contributed by atoms with E-state index in [4.69, 9.17) is 14.2 Å². The van der Waals surface area contributed by atoms with Gasteiger partial charge in [0.15, 0.2) is 11.7 Å². The first-order valence-electron chi connectivity index (χ1n) is 5.44. The lowest BCUT2D eigenvalue weighted by Gasteiger charge is -2.21. The summed E-state index contributed by atoms with van der Waals surface area (Å²) >= 11 is 0. The second-order valence-corrected chi connectivity index (χ2v) is 4.94. The number of ether oxygens (including phenoxy) is 1. The van der Waals surface area contributed by atoms with E-state index >= 15 is 0 Å². The van der Waals surface area contributed by atoms with Crippen LogP contribution in [0.15, 0.2) is 30.3 Å². The third kappa shape index (κ3) is 4.18. The molecule has 1 aromatic rings. The molecule has 0 bridgehead atoms. The van der Waals surface area contributed by atoms with Crippen molar-refractivity contribution >= 4 is 14.0 Å². The van der Waals surface area contributed by atoms with Gasteiger partial charge in [0.1, 0.15) is 5.75 Å². The molecule has 0 saturated carbocycles. The summed E-state index contributed by atoms with van der Waals surface area (Å²) in [5.74, 6) is 0.159. The van der Waals surface area contributed by atoms with Crippen molar-refractivity contribution in [1.82, 2.24) is 0 Å². The fourth-order valence-electron chi connectivity index (χ4n) is 1.49. The number of carbonyl (C=O) groups excluding carboxylic acids is 1. The number of para-hydroxylation sites is 1. The van der Waals surface area contributed by atoms with E-state index in [1.54, 1.807) is 31.2 Å². The van der Waals surface area contributed by atoms with Gasteiger partial charge in [-0.25, -0.2) is 0 Å². The van der Waals surface area contributed by atoms with Crippen molar-refractivity contribution in [3.63, 3.8) is 0 Å². The zero-order chi connectivity index (χ0) is 13.8. The van der Waals surface area contributed by atoms with Crippen LogP contribution >= 0.6 is 8.25 Å². The van der Waals surface area contributed by atoms with Crippen LogP contribution in [0.1, 0.15) is 20.8 Å². The summed E-state index contributed by atoms with van der Waals surface area (Å²) in [6.07, 6.45) is -0.766. The summed E-state index contributed by atoms with van der Waals surface area (Å²) < 4.78 is 20.8. The largest absolute Gasteiger partial charge is 0.695 e. The van der Waals surface area contributed by atoms with Gasteiger partial charge in [0, 0.05) is 4.57 Å². The number of Topliss-reactive ketones (excluding diaryl/α,β-unsaturated/α-hetero) is 1. The topological polar surface area (TPSA) is 72.8 Å². The monoisotopic (exact) mass is 271 g/mol. The first kappa shape index (κ1) is 14.8. The molecular formula is C12H16O5P+. The maximum Gasteiger partial charge on any atom is 0.695 e. The molecule has 0 aliphatic heterocycles. The van der Waals surface area contributed by atoms with Crippen molar-refractivity contribution in [2.24, 2.45) is 0 Å². The van der Waals surface area contributed by atoms with Crippen LogP contribution in [0.5, 0.6) is 5.75 Å². The van der Waals surface area contributed by atoms with E-state index < -0.39 is 25.7 Å². The zero-order valence-corrected chi connectivity index (χ0v) is 11.4. The number of benzene rings is 1. The Labute approximate surface area is 107 Å². The summed E-state index contributed by atoms with van der Waals surface area (Å²) in [5.41, 5.74) is -1.36. The number of hydrogen-bond acceptors (Lipinski definition) is 4. The average Bonchev–Trinajstić information content (AvgIpc) is 2.27. The average molecular weight is 271 g/mol. The molecule has 1 aromatic carbocycles. The third-order valence-corrected chi connectivity index (χ3v) is 2.94. The Morgan fingerprint density at radius 2 is 1.89 bits per heavy atom. The SMILES string of the molecule is CC(Oc1ccccc1)C(=O)C(C)(C)O[P+](=O)O. The number of hydrogen-bond donors (Lipinski definition) is 1. The molecule has 0 heterocycles. The van der Waals surface area contributed by atoms with Gasteiger partial charge in [-0.1, -0.05) is 18.2 Å². The highest BCUT2D eigenvalue weighted by atomic mass is 31.1. The molecule has 0 aliphatic rings. The zero-order valence-electron chi connectivity index (χ0n) is 10.5. The molecule has 0 radical (unpaired) electrons. The summed E-state index contributed by atoms with van der Waals surface area (Å²) in [4.78, 5) is 20.7. The van der Waals surface area contributed by atoms with E-state index in [0.29, 0.717) is 5.75 Å². The lowest BCUT2D eigenvalue weighted by atomic mass is 10.00. The molecule has 1 N–H and O–H groups in total. The van der Waals surface area contributed by atoms with Crippen molar-refractivity contribution in [3.8, 4) is 5.75 Å². The van der Waals surface area contributed by atoms with E-state index in [-0.39, 0.29) is 0 Å². The van der Waals surface area contributed by atoms with E-state index in [1.165, 1.54) is 13.8 Å². The molecule has 18 heavy (non-hydrogen) atoms. The van der Waals surface area contributed by atoms with Gasteiger partial charge >= 0.3 is 8.25 Å². The minimum atomic E-state index is -2.83. The van der Waals surface area contributed by atoms with Gasteiger partial charge in [0.2, 0.25) is 5.78 Å². The molecule has 0 aromatic heterocycles. The molecule has 1 rings (SSSR count). The van der Waals surface area contributed by atoms with Crippen LogP contribution in [0.25, 0.3) is 0 Å². The van der Waals surface area contributed by atoms with Gasteiger partial charge in [-0.05, 0) is 32.9 Å². The predicted molar refractivity (Wildman–Crippen MR) is 66.5 cm³/mol. The highest BCUT2D eigenvalue weighted by Gasteiger charge is 2.41. The first-order valence-corrected chi connectivity index (χ1v) is 6.57. The van der Waals surface area contributed by atoms with Crippen LogP contribution in [0.3, 0.4) is 0 Å². The van der Waals surface area contributed by atoms with Gasteiger partial charge in [0.25, 0.3) is 0 Å². The van der Waals surface area contributed by atoms with Crippen molar-refractivity contribution in [1.29, 1.82) is 0 Å². The Balaban J connectivity index is 2.69. The van der Waals surface area contributed by atoms with Gasteiger partial charge in [-0.15, -0.1) is 9.42 Å². The summed E-state index contributed by atoms with van der Waals surface area (Å²) in [5, 5.41) is 0. The number of ketones is 1. The molecule has 2 atom stereocenters. The van der Waals surface area contributed by atoms with Gasteiger partial charge < -0.3 is 4.74 Å². The molecule has 6 heteroatoms. The highest BCUT2D eigenvalue weighted by Crippen LogP contribution is 2.28. The number of carbonyl (C=O) groups is 1. The Hall–Kier alpha value is -1.29. The minimum absolute atomic E-state index is 0.399. The van der Waals surface area contributed by atoms with Gasteiger partial charge in [-0.3, -0.25) is 4.79 Å². The second kappa shape index (κ2) is 6.05. The standard InChI is InChI=1S/C12H15O5P/c1-9(16-10-7-5-4-6-8-10)11(13)12(2,3)17-18(14)15/h4-9H,1-3H3/p+1. The molecule has 98 valence electrons. The molecule has 0 spiro atoms. The molecule has 2 unspecified atom stereocenters. The normalized spacial score (nSPS) is 13.9. The molecule has 0 aliphatic carbocycles. The van der Waals surface area contributed by atoms with Crippen molar-refractivity contribution in [3.05, 3.63) is 30.3 Å². The highest BCUT2D eigenvalue weighted by molar-refractivity contribution is 7.32. The first-order chi connectivity index (χ1) is 8.33. The van der Waals surface area contributed by atoms with Crippen LogP contribution < -0.4 is 4.74 Å². The Bertz CT molecular complexity index is 429. The Morgan fingerprint density at radius 1 is 1.33 bits per heavy atom. The van der Waals surface area contributed by atoms with E-state index in [1.807, 2.05) is 6.07 Å². The molecule has 5 nitrogen and oxygen atoms in total. The second-order valence-electron chi connectivity index (χ2n) is 4.28. The van der Waals surface area contributed by atoms with E-state index in [0.717, 1.165) is 0 Å². The quantitative estimate of drug-likeness (QED) is 0.804. The molecule has 0 saturated heterocycles. The molecular weight excluding hydrogens is 255 g/mol. The fourth-order valence-corrected chi connectivity index (χ4v) is 1.97. The lowest BCUT2D eigenvalue weighted by molar-refractivity contribution is -0.138. The van der Waals surface area contributed by atoms with Gasteiger partial charge in [-0.2, -0.15) is 0 Å². The van der Waals surface area contributed by atoms with Crippen LogP contribution in [0.2, 0.25) is 0 Å². The Morgan fingerprint density at radius 3 is 2.39 bits per heavy atom. The number of rotatable bonds is 6. The van der Waals surface area contributed by atoms with Crippen LogP contribution in [-0.2, 0) is 13.9 Å². The molecule has 0 amide bonds. The maximum absolute atomic E-state index is 12.0. The summed E-state index contributed by atoms with van der Waals surface area (Å²) in [7, 11) is -2.83. The Kier molecular flexibility index (Phi) is 4.96. The van der Waals surface area contributed by atoms with Gasteiger partial charge in [0.05, 0.1) is 0 Å². The van der Waals surface area contributed by atoms with Crippen LogP contribution in [0.4, 0.5) is 0 Å². The smallest absolute Gasteiger partial charge is 0.483 e. The van der Waals surface area contributed by atoms with E-state index in [9.17, 15) is 9.36 Å². The molecule has 0 fully saturated rings. The van der Waals surface area contributed by atoms with Crippen molar-refractivity contribution in [2.45, 2.75) is 32.5 Å². The van der Waals surface area contributed by atoms with Crippen molar-refractivity contribution < 1.29 is 23.5 Å². The van der Waals surface area contributed by atoms with Crippen LogP contribution in [-0.4, -0.2) is 22.4 Å². The fraction of sp³-hybridized carbons (Fsp3) is 0.417. The maximum atomic E-state index is 12.0. The summed E-state index contributed by atoms with van der Waals surface area (Å²) in [6.45, 7) is 4.44. The van der Waals surface area contributed by atoms with Crippen LogP contribution in [0, 0.1) is 0 Å². The lowest BCUT2D eigenvalue weighted by Crippen LogP contribution is -2.42. The minimum Gasteiger partial charge on any atom is -0.483 e. The van der Waals surface area contributed by atoms with E-state index in [2.05, 4.69) is 0 Å². The predicted octanol–water partition coefficient (Wildman–Crippen LogP) is 2.47. The van der Waals surface area contributed by atoms with Crippen molar-refractivity contribution in [2.75, 3.05) is 0 Å². The summed E-state index contributed by atoms with van der Waals surface area (Å²) in [6, 6.07) is 8.87. The third-order valence-electron chi connectivity index (χ3n) is 2.32.